The van der Waals surface area contributed by atoms with Crippen LogP contribution >= 0.6 is 34.5 Å². The third kappa shape index (κ3) is 3.88. The van der Waals surface area contributed by atoms with Crippen LogP contribution in [0.1, 0.15) is 16.1 Å². The number of nitrogens with zero attached hydrogens (tertiary/aromatic N) is 2. The van der Waals surface area contributed by atoms with Crippen LogP contribution in [0.15, 0.2) is 48.1 Å². The van der Waals surface area contributed by atoms with Gasteiger partial charge in [-0.2, -0.15) is 0 Å². The lowest BCUT2D eigenvalue weighted by Gasteiger charge is -2.05. The van der Waals surface area contributed by atoms with Crippen molar-refractivity contribution in [2.75, 3.05) is 0 Å². The SMILES string of the molecule is O=C(NCc1csc(-c2cccnc2)n1)c1ccc(Cl)cc1Cl. The largest absolute Gasteiger partial charge is 0.346 e. The van der Waals surface area contributed by atoms with Gasteiger partial charge in [-0.25, -0.2) is 4.98 Å². The molecular formula is C16H11Cl2N3OS. The quantitative estimate of drug-likeness (QED) is 0.745. The van der Waals surface area contributed by atoms with Crippen LogP contribution in [-0.4, -0.2) is 15.9 Å². The summed E-state index contributed by atoms with van der Waals surface area (Å²) in [7, 11) is 0. The molecule has 0 saturated heterocycles. The Morgan fingerprint density at radius 1 is 1.26 bits per heavy atom. The Hall–Kier alpha value is -1.95. The predicted molar refractivity (Wildman–Crippen MR) is 93.0 cm³/mol. The number of carbonyl (C=O) groups excluding carboxylic acids is 1. The van der Waals surface area contributed by atoms with E-state index in [0.717, 1.165) is 16.3 Å². The number of nitrogens with one attached hydrogen (secondary N) is 1. The zero-order valence-corrected chi connectivity index (χ0v) is 14.1. The predicted octanol–water partition coefficient (Wildman–Crippen LogP) is 4.44. The first-order chi connectivity index (χ1) is 11.1. The van der Waals surface area contributed by atoms with Crippen molar-refractivity contribution in [2.45, 2.75) is 6.54 Å². The minimum Gasteiger partial charge on any atom is -0.346 e. The molecule has 0 unspecified atom stereocenters. The Kier molecular flexibility index (Phi) is 4.91. The topological polar surface area (TPSA) is 54.9 Å². The molecule has 3 aromatic rings. The Bertz CT molecular complexity index is 836. The molecule has 0 aliphatic carbocycles. The lowest BCUT2D eigenvalue weighted by atomic mass is 10.2. The van der Waals surface area contributed by atoms with Crippen LogP contribution in [-0.2, 0) is 6.54 Å². The maximum absolute atomic E-state index is 12.2. The van der Waals surface area contributed by atoms with Crippen molar-refractivity contribution in [1.82, 2.24) is 15.3 Å². The van der Waals surface area contributed by atoms with Crippen molar-refractivity contribution in [2.24, 2.45) is 0 Å². The van der Waals surface area contributed by atoms with E-state index in [4.69, 9.17) is 23.2 Å². The number of amides is 1. The van der Waals surface area contributed by atoms with E-state index in [9.17, 15) is 4.79 Å². The molecule has 0 bridgehead atoms. The third-order valence-corrected chi connectivity index (χ3v) is 4.55. The molecule has 0 atom stereocenters. The summed E-state index contributed by atoms with van der Waals surface area (Å²) in [6.07, 6.45) is 3.47. The van der Waals surface area contributed by atoms with E-state index in [1.165, 1.54) is 11.3 Å². The van der Waals surface area contributed by atoms with Gasteiger partial charge in [0, 0.05) is 28.4 Å². The molecular weight excluding hydrogens is 353 g/mol. The van der Waals surface area contributed by atoms with Gasteiger partial charge in [0.25, 0.3) is 5.91 Å². The summed E-state index contributed by atoms with van der Waals surface area (Å²) in [5.41, 5.74) is 2.13. The van der Waals surface area contributed by atoms with E-state index in [2.05, 4.69) is 15.3 Å². The van der Waals surface area contributed by atoms with Crippen molar-refractivity contribution < 1.29 is 4.79 Å². The Balaban J connectivity index is 1.67. The summed E-state index contributed by atoms with van der Waals surface area (Å²) in [5.74, 6) is -0.261. The lowest BCUT2D eigenvalue weighted by Crippen LogP contribution is -2.23. The molecule has 0 aliphatic heterocycles. The monoisotopic (exact) mass is 363 g/mol. The number of pyridine rings is 1. The molecule has 1 N–H and O–H groups in total. The van der Waals surface area contributed by atoms with Crippen molar-refractivity contribution in [3.8, 4) is 10.6 Å². The van der Waals surface area contributed by atoms with E-state index in [1.807, 2.05) is 17.5 Å². The second-order valence-corrected chi connectivity index (χ2v) is 6.39. The zero-order valence-electron chi connectivity index (χ0n) is 11.8. The fourth-order valence-corrected chi connectivity index (χ4v) is 3.25. The summed E-state index contributed by atoms with van der Waals surface area (Å²) in [5, 5.41) is 6.39. The molecule has 0 radical (unpaired) electrons. The van der Waals surface area contributed by atoms with Crippen LogP contribution < -0.4 is 5.32 Å². The van der Waals surface area contributed by atoms with Crippen LogP contribution in [0, 0.1) is 0 Å². The van der Waals surface area contributed by atoms with E-state index < -0.39 is 0 Å². The lowest BCUT2D eigenvalue weighted by molar-refractivity contribution is 0.0950. The Morgan fingerprint density at radius 2 is 2.13 bits per heavy atom. The van der Waals surface area contributed by atoms with E-state index >= 15 is 0 Å². The van der Waals surface area contributed by atoms with Gasteiger partial charge in [-0.3, -0.25) is 9.78 Å². The second kappa shape index (κ2) is 7.08. The molecule has 2 heterocycles. The van der Waals surface area contributed by atoms with Crippen molar-refractivity contribution in [3.63, 3.8) is 0 Å². The molecule has 23 heavy (non-hydrogen) atoms. The molecule has 0 spiro atoms. The molecule has 1 aromatic carbocycles. The van der Waals surface area contributed by atoms with Gasteiger partial charge in [-0.15, -0.1) is 11.3 Å². The van der Waals surface area contributed by atoms with Crippen LogP contribution in [0.25, 0.3) is 10.6 Å². The second-order valence-electron chi connectivity index (χ2n) is 4.69. The number of halogens is 2. The minimum atomic E-state index is -0.261. The van der Waals surface area contributed by atoms with Gasteiger partial charge in [0.15, 0.2) is 0 Å². The number of aromatic nitrogens is 2. The van der Waals surface area contributed by atoms with Gasteiger partial charge in [-0.1, -0.05) is 23.2 Å². The highest BCUT2D eigenvalue weighted by molar-refractivity contribution is 7.13. The average molecular weight is 364 g/mol. The third-order valence-electron chi connectivity index (χ3n) is 3.07. The Labute approximate surface area is 147 Å². The maximum atomic E-state index is 12.2. The first kappa shape index (κ1) is 15.9. The molecule has 116 valence electrons. The molecule has 2 aromatic heterocycles. The van der Waals surface area contributed by atoms with Crippen molar-refractivity contribution in [3.05, 3.63) is 69.4 Å². The number of thiazole rings is 1. The van der Waals surface area contributed by atoms with Gasteiger partial charge < -0.3 is 5.32 Å². The molecule has 7 heteroatoms. The molecule has 0 fully saturated rings. The van der Waals surface area contributed by atoms with Gasteiger partial charge in [0.1, 0.15) is 5.01 Å². The van der Waals surface area contributed by atoms with Gasteiger partial charge in [-0.05, 0) is 30.3 Å². The van der Waals surface area contributed by atoms with Gasteiger partial charge in [0.2, 0.25) is 0 Å². The highest BCUT2D eigenvalue weighted by atomic mass is 35.5. The fraction of sp³-hybridized carbons (Fsp3) is 0.0625. The van der Waals surface area contributed by atoms with Crippen LogP contribution in [0.2, 0.25) is 10.0 Å². The summed E-state index contributed by atoms with van der Waals surface area (Å²) in [4.78, 5) is 20.7. The van der Waals surface area contributed by atoms with Crippen LogP contribution in [0.4, 0.5) is 0 Å². The molecule has 0 saturated carbocycles. The highest BCUT2D eigenvalue weighted by Crippen LogP contribution is 2.23. The first-order valence-corrected chi connectivity index (χ1v) is 8.35. The standard InChI is InChI=1S/C16H11Cl2N3OS/c17-11-3-4-13(14(18)6-11)15(22)20-8-12-9-23-16(21-12)10-2-1-5-19-7-10/h1-7,9H,8H2,(H,20,22). The maximum Gasteiger partial charge on any atom is 0.253 e. The zero-order chi connectivity index (χ0) is 16.2. The van der Waals surface area contributed by atoms with E-state index in [0.29, 0.717) is 22.2 Å². The summed E-state index contributed by atoms with van der Waals surface area (Å²) in [6, 6.07) is 8.58. The van der Waals surface area contributed by atoms with E-state index in [-0.39, 0.29) is 5.91 Å². The summed E-state index contributed by atoms with van der Waals surface area (Å²) >= 11 is 13.4. The average Bonchev–Trinajstić information content (AvgIpc) is 3.02. The van der Waals surface area contributed by atoms with Crippen LogP contribution in [0.5, 0.6) is 0 Å². The van der Waals surface area contributed by atoms with E-state index in [1.54, 1.807) is 30.6 Å². The minimum absolute atomic E-state index is 0.261. The number of hydrogen-bond donors (Lipinski definition) is 1. The van der Waals surface area contributed by atoms with Gasteiger partial charge >= 0.3 is 0 Å². The summed E-state index contributed by atoms with van der Waals surface area (Å²) in [6.45, 7) is 0.328. The number of carbonyl (C=O) groups is 1. The molecule has 3 rings (SSSR count). The number of hydrogen-bond acceptors (Lipinski definition) is 4. The Morgan fingerprint density at radius 3 is 2.87 bits per heavy atom. The first-order valence-electron chi connectivity index (χ1n) is 6.71. The van der Waals surface area contributed by atoms with Gasteiger partial charge in [0.05, 0.1) is 22.8 Å². The molecule has 4 nitrogen and oxygen atoms in total. The number of rotatable bonds is 4. The molecule has 1 amide bonds. The van der Waals surface area contributed by atoms with Crippen LogP contribution in [0.3, 0.4) is 0 Å². The smallest absolute Gasteiger partial charge is 0.253 e. The highest BCUT2D eigenvalue weighted by Gasteiger charge is 2.11. The van der Waals surface area contributed by atoms with Crippen molar-refractivity contribution >= 4 is 40.4 Å². The van der Waals surface area contributed by atoms with Crippen molar-refractivity contribution in [1.29, 1.82) is 0 Å². The number of benzene rings is 1. The molecule has 0 aliphatic rings. The normalized spacial score (nSPS) is 10.5. The summed E-state index contributed by atoms with van der Waals surface area (Å²) < 4.78 is 0. The fourth-order valence-electron chi connectivity index (χ4n) is 1.95.